The molecule has 1 amide bonds. The third-order valence-electron chi connectivity index (χ3n) is 3.36. The van der Waals surface area contributed by atoms with Gasteiger partial charge in [-0.3, -0.25) is 4.79 Å². The van der Waals surface area contributed by atoms with Crippen molar-refractivity contribution in [1.29, 1.82) is 0 Å². The van der Waals surface area contributed by atoms with E-state index in [0.29, 0.717) is 29.6 Å². The predicted molar refractivity (Wildman–Crippen MR) is 93.3 cm³/mol. The van der Waals surface area contributed by atoms with Gasteiger partial charge in [-0.2, -0.15) is 0 Å². The number of nitrogens with one attached hydrogen (secondary N) is 1. The molecule has 1 aromatic heterocycles. The lowest BCUT2D eigenvalue weighted by Gasteiger charge is -2.12. The van der Waals surface area contributed by atoms with E-state index in [9.17, 15) is 4.79 Å². The minimum absolute atomic E-state index is 0.216. The Labute approximate surface area is 145 Å². The number of rotatable bonds is 6. The molecule has 0 radical (unpaired) electrons. The zero-order chi connectivity index (χ0) is 17.6. The van der Waals surface area contributed by atoms with Gasteiger partial charge >= 0.3 is 0 Å². The van der Waals surface area contributed by atoms with Crippen molar-refractivity contribution in [3.05, 3.63) is 66.1 Å². The van der Waals surface area contributed by atoms with Gasteiger partial charge in [0.15, 0.2) is 11.4 Å². The number of benzene rings is 2. The maximum absolute atomic E-state index is 12.2. The van der Waals surface area contributed by atoms with E-state index in [1.807, 2.05) is 43.3 Å². The second kappa shape index (κ2) is 7.53. The number of carbonyl (C=O) groups excluding carboxylic acids is 1. The average molecular weight is 338 g/mol. The van der Waals surface area contributed by atoms with Gasteiger partial charge in [-0.1, -0.05) is 17.3 Å². The highest BCUT2D eigenvalue weighted by Crippen LogP contribution is 2.30. The molecule has 1 N–H and O–H groups in total. The number of ether oxygens (including phenoxy) is 2. The Morgan fingerprint density at radius 1 is 1.12 bits per heavy atom. The number of para-hydroxylation sites is 2. The van der Waals surface area contributed by atoms with Gasteiger partial charge in [-0.05, 0) is 50.2 Å². The summed E-state index contributed by atoms with van der Waals surface area (Å²) in [4.78, 5) is 12.2. The Bertz CT molecular complexity index is 856. The standard InChI is InChI=1S/C19H18N2O4/c1-3-23-14-8-10-15(11-9-14)24-18-7-5-4-6-16(18)20-19(22)17-12-13(2)25-21-17/h4-12H,3H2,1-2H3,(H,20,22). The Morgan fingerprint density at radius 3 is 2.52 bits per heavy atom. The molecule has 6 nitrogen and oxygen atoms in total. The summed E-state index contributed by atoms with van der Waals surface area (Å²) in [6.45, 7) is 4.27. The van der Waals surface area contributed by atoms with Gasteiger partial charge in [0.1, 0.15) is 17.3 Å². The van der Waals surface area contributed by atoms with Crippen LogP contribution in [0.5, 0.6) is 17.2 Å². The molecule has 1 heterocycles. The Hall–Kier alpha value is -3.28. The highest BCUT2D eigenvalue weighted by atomic mass is 16.5. The van der Waals surface area contributed by atoms with Crippen LogP contribution in [0.4, 0.5) is 5.69 Å². The lowest BCUT2D eigenvalue weighted by molar-refractivity contribution is 0.101. The highest BCUT2D eigenvalue weighted by Gasteiger charge is 2.14. The minimum atomic E-state index is -0.361. The summed E-state index contributed by atoms with van der Waals surface area (Å²) in [7, 11) is 0. The maximum atomic E-state index is 12.2. The smallest absolute Gasteiger partial charge is 0.277 e. The molecule has 0 aliphatic rings. The highest BCUT2D eigenvalue weighted by molar-refractivity contribution is 6.03. The number of anilines is 1. The van der Waals surface area contributed by atoms with Gasteiger partial charge in [0.2, 0.25) is 0 Å². The van der Waals surface area contributed by atoms with Crippen LogP contribution in [0.2, 0.25) is 0 Å². The van der Waals surface area contributed by atoms with Gasteiger partial charge in [0.05, 0.1) is 12.3 Å². The van der Waals surface area contributed by atoms with Gasteiger partial charge in [0.25, 0.3) is 5.91 Å². The van der Waals surface area contributed by atoms with Crippen LogP contribution in [0.15, 0.2) is 59.1 Å². The van der Waals surface area contributed by atoms with Crippen LogP contribution in [-0.4, -0.2) is 17.7 Å². The summed E-state index contributed by atoms with van der Waals surface area (Å²) < 4.78 is 16.2. The molecule has 3 rings (SSSR count). The largest absolute Gasteiger partial charge is 0.494 e. The summed E-state index contributed by atoms with van der Waals surface area (Å²) >= 11 is 0. The summed E-state index contributed by atoms with van der Waals surface area (Å²) in [6.07, 6.45) is 0. The van der Waals surface area contributed by atoms with Crippen molar-refractivity contribution in [2.75, 3.05) is 11.9 Å². The fraction of sp³-hybridized carbons (Fsp3) is 0.158. The van der Waals surface area contributed by atoms with Crippen LogP contribution in [0.3, 0.4) is 0 Å². The molecule has 0 bridgehead atoms. The molecule has 128 valence electrons. The molecule has 0 saturated carbocycles. The monoisotopic (exact) mass is 338 g/mol. The first-order valence-corrected chi connectivity index (χ1v) is 7.90. The molecule has 0 atom stereocenters. The Morgan fingerprint density at radius 2 is 1.84 bits per heavy atom. The van der Waals surface area contributed by atoms with Crippen molar-refractivity contribution in [3.63, 3.8) is 0 Å². The summed E-state index contributed by atoms with van der Waals surface area (Å²) in [5, 5.41) is 6.49. The SMILES string of the molecule is CCOc1ccc(Oc2ccccc2NC(=O)c2cc(C)on2)cc1. The lowest BCUT2D eigenvalue weighted by Crippen LogP contribution is -2.12. The van der Waals surface area contributed by atoms with E-state index >= 15 is 0 Å². The topological polar surface area (TPSA) is 73.6 Å². The lowest BCUT2D eigenvalue weighted by atomic mass is 10.2. The summed E-state index contributed by atoms with van der Waals surface area (Å²) in [5.41, 5.74) is 0.760. The first kappa shape index (κ1) is 16.6. The number of amides is 1. The van der Waals surface area contributed by atoms with E-state index in [1.165, 1.54) is 0 Å². The zero-order valence-corrected chi connectivity index (χ0v) is 14.0. The third-order valence-corrected chi connectivity index (χ3v) is 3.36. The number of hydrogen-bond acceptors (Lipinski definition) is 5. The van der Waals surface area contributed by atoms with E-state index in [-0.39, 0.29) is 11.6 Å². The molecule has 0 spiro atoms. The van der Waals surface area contributed by atoms with Crippen molar-refractivity contribution in [2.24, 2.45) is 0 Å². The van der Waals surface area contributed by atoms with E-state index < -0.39 is 0 Å². The summed E-state index contributed by atoms with van der Waals surface area (Å²) in [5.74, 6) is 2.16. The molecule has 3 aromatic rings. The second-order valence-electron chi connectivity index (χ2n) is 5.28. The van der Waals surface area contributed by atoms with Crippen LogP contribution < -0.4 is 14.8 Å². The Balaban J connectivity index is 1.75. The molecule has 0 aliphatic heterocycles. The fourth-order valence-electron chi connectivity index (χ4n) is 2.22. The van der Waals surface area contributed by atoms with E-state index in [1.54, 1.807) is 25.1 Å². The first-order chi connectivity index (χ1) is 12.2. The molecular weight excluding hydrogens is 320 g/mol. The fourth-order valence-corrected chi connectivity index (χ4v) is 2.22. The van der Waals surface area contributed by atoms with Gasteiger partial charge in [-0.15, -0.1) is 0 Å². The van der Waals surface area contributed by atoms with E-state index in [2.05, 4.69) is 10.5 Å². The van der Waals surface area contributed by atoms with Crippen LogP contribution in [0.1, 0.15) is 23.2 Å². The average Bonchev–Trinajstić information content (AvgIpc) is 3.05. The van der Waals surface area contributed by atoms with Crippen molar-refractivity contribution < 1.29 is 18.8 Å². The molecular formula is C19H18N2O4. The van der Waals surface area contributed by atoms with Crippen molar-refractivity contribution in [2.45, 2.75) is 13.8 Å². The van der Waals surface area contributed by atoms with Crippen LogP contribution in [-0.2, 0) is 0 Å². The van der Waals surface area contributed by atoms with Crippen LogP contribution in [0.25, 0.3) is 0 Å². The van der Waals surface area contributed by atoms with Crippen LogP contribution >= 0.6 is 0 Å². The molecule has 6 heteroatoms. The van der Waals surface area contributed by atoms with Gasteiger partial charge in [0, 0.05) is 6.07 Å². The normalized spacial score (nSPS) is 10.3. The maximum Gasteiger partial charge on any atom is 0.277 e. The molecule has 2 aromatic carbocycles. The van der Waals surface area contributed by atoms with E-state index in [0.717, 1.165) is 5.75 Å². The Kier molecular flexibility index (Phi) is 4.99. The number of aromatic nitrogens is 1. The van der Waals surface area contributed by atoms with Gasteiger partial charge in [-0.25, -0.2) is 0 Å². The molecule has 0 saturated heterocycles. The molecule has 0 aliphatic carbocycles. The number of hydrogen-bond donors (Lipinski definition) is 1. The van der Waals surface area contributed by atoms with Crippen molar-refractivity contribution in [1.82, 2.24) is 5.16 Å². The third kappa shape index (κ3) is 4.17. The van der Waals surface area contributed by atoms with Crippen molar-refractivity contribution >= 4 is 11.6 Å². The molecule has 0 fully saturated rings. The second-order valence-corrected chi connectivity index (χ2v) is 5.28. The van der Waals surface area contributed by atoms with Crippen LogP contribution in [0, 0.1) is 6.92 Å². The number of carbonyl (C=O) groups is 1. The first-order valence-electron chi connectivity index (χ1n) is 7.90. The van der Waals surface area contributed by atoms with E-state index in [4.69, 9.17) is 14.0 Å². The predicted octanol–water partition coefficient (Wildman–Crippen LogP) is 4.43. The quantitative estimate of drug-likeness (QED) is 0.720. The summed E-state index contributed by atoms with van der Waals surface area (Å²) in [6, 6.07) is 16.0. The number of aryl methyl sites for hydroxylation is 1. The number of nitrogens with zero attached hydrogens (tertiary/aromatic N) is 1. The van der Waals surface area contributed by atoms with Gasteiger partial charge < -0.3 is 19.3 Å². The molecule has 25 heavy (non-hydrogen) atoms. The minimum Gasteiger partial charge on any atom is -0.494 e. The molecule has 0 unspecified atom stereocenters. The zero-order valence-electron chi connectivity index (χ0n) is 14.0. The van der Waals surface area contributed by atoms with Crippen molar-refractivity contribution in [3.8, 4) is 17.2 Å².